The summed E-state index contributed by atoms with van der Waals surface area (Å²) in [6, 6.07) is 7.83. The van der Waals surface area contributed by atoms with Crippen LogP contribution in [0.4, 0.5) is 0 Å². The van der Waals surface area contributed by atoms with Gasteiger partial charge in [-0.2, -0.15) is 4.99 Å². The number of nitrogens with one attached hydrogen (secondary N) is 2. The zero-order chi connectivity index (χ0) is 14.0. The maximum Gasteiger partial charge on any atom is 0.323 e. The average molecular weight is 269 g/mol. The molecular weight excluding hydrogens is 254 g/mol. The second kappa shape index (κ2) is 4.94. The lowest BCUT2D eigenvalue weighted by molar-refractivity contribution is 0.456. The summed E-state index contributed by atoms with van der Waals surface area (Å²) in [5.41, 5.74) is 1.99. The van der Waals surface area contributed by atoms with Crippen molar-refractivity contribution in [2.45, 2.75) is 31.2 Å². The molecule has 1 aliphatic carbocycles. The summed E-state index contributed by atoms with van der Waals surface area (Å²) >= 11 is 0. The smallest absolute Gasteiger partial charge is 0.312 e. The van der Waals surface area contributed by atoms with E-state index in [1.807, 2.05) is 24.3 Å². The number of hydrogen-bond donors (Lipinski definition) is 2. The van der Waals surface area contributed by atoms with E-state index in [1.165, 1.54) is 0 Å². The highest BCUT2D eigenvalue weighted by molar-refractivity contribution is 5.60. The van der Waals surface area contributed by atoms with Crippen LogP contribution in [0.1, 0.15) is 31.2 Å². The molecule has 1 saturated carbocycles. The molecule has 1 aliphatic rings. The molecule has 0 amide bonds. The van der Waals surface area contributed by atoms with Crippen molar-refractivity contribution in [1.29, 1.82) is 0 Å². The van der Waals surface area contributed by atoms with Gasteiger partial charge in [0.05, 0.1) is 11.2 Å². The second-order valence-corrected chi connectivity index (χ2v) is 5.18. The van der Waals surface area contributed by atoms with Crippen LogP contribution in [0.3, 0.4) is 0 Å². The zero-order valence-electron chi connectivity index (χ0n) is 11.0. The molecule has 0 aliphatic heterocycles. The van der Waals surface area contributed by atoms with Crippen LogP contribution < -0.4 is 5.69 Å². The van der Waals surface area contributed by atoms with Gasteiger partial charge in [0.25, 0.3) is 0 Å². The van der Waals surface area contributed by atoms with Crippen molar-refractivity contribution in [3.63, 3.8) is 0 Å². The maximum absolute atomic E-state index is 11.2. The molecule has 1 aromatic heterocycles. The number of aromatic amines is 2. The van der Waals surface area contributed by atoms with Gasteiger partial charge in [-0.25, -0.2) is 9.59 Å². The predicted molar refractivity (Wildman–Crippen MR) is 75.1 cm³/mol. The molecule has 0 bridgehead atoms. The summed E-state index contributed by atoms with van der Waals surface area (Å²) in [6.07, 6.45) is 7.24. The molecule has 2 aromatic rings. The summed E-state index contributed by atoms with van der Waals surface area (Å²) in [5.74, 6) is 0. The topological polar surface area (TPSA) is 78.1 Å². The number of hydrogen-bond acceptors (Lipinski definition) is 3. The second-order valence-electron chi connectivity index (χ2n) is 5.18. The highest BCUT2D eigenvalue weighted by Gasteiger charge is 2.35. The lowest BCUT2D eigenvalue weighted by atomic mass is 9.87. The zero-order valence-corrected chi connectivity index (χ0v) is 11.0. The molecule has 0 radical (unpaired) electrons. The molecule has 2 N–H and O–H groups in total. The molecule has 5 nitrogen and oxygen atoms in total. The van der Waals surface area contributed by atoms with Gasteiger partial charge >= 0.3 is 5.69 Å². The number of carbonyl (C=O) groups excluding carboxylic acids is 1. The number of aromatic nitrogens is 2. The molecule has 3 rings (SSSR count). The molecule has 0 spiro atoms. The Hall–Kier alpha value is -2.39. The van der Waals surface area contributed by atoms with Crippen molar-refractivity contribution in [2.24, 2.45) is 4.99 Å². The van der Waals surface area contributed by atoms with Crippen molar-refractivity contribution in [3.05, 3.63) is 46.5 Å². The van der Waals surface area contributed by atoms with Crippen molar-refractivity contribution in [1.82, 2.24) is 9.97 Å². The fourth-order valence-electron chi connectivity index (χ4n) is 2.98. The predicted octanol–water partition coefficient (Wildman–Crippen LogP) is 2.48. The average Bonchev–Trinajstić information content (AvgIpc) is 3.09. The monoisotopic (exact) mass is 269 g/mol. The number of aliphatic imine (C=N–C) groups is 1. The van der Waals surface area contributed by atoms with Gasteiger partial charge in [0.15, 0.2) is 0 Å². The van der Waals surface area contributed by atoms with E-state index >= 15 is 0 Å². The molecule has 1 aromatic carbocycles. The van der Waals surface area contributed by atoms with E-state index in [9.17, 15) is 9.59 Å². The quantitative estimate of drug-likeness (QED) is 0.663. The van der Waals surface area contributed by atoms with Crippen molar-refractivity contribution < 1.29 is 4.79 Å². The number of benzene rings is 1. The maximum atomic E-state index is 11.2. The molecule has 0 atom stereocenters. The van der Waals surface area contributed by atoms with Crippen LogP contribution in [0, 0.1) is 0 Å². The molecule has 102 valence electrons. The number of nitrogens with zero attached hydrogens (tertiary/aromatic N) is 1. The third-order valence-electron chi connectivity index (χ3n) is 4.00. The fourth-order valence-corrected chi connectivity index (χ4v) is 2.98. The van der Waals surface area contributed by atoms with Crippen LogP contribution in [0.2, 0.25) is 0 Å². The summed E-state index contributed by atoms with van der Waals surface area (Å²) in [5, 5.41) is 0. The minimum Gasteiger partial charge on any atom is -0.312 e. The first-order chi connectivity index (χ1) is 9.73. The SMILES string of the molecule is O=C=NC1(c2cccc(-c3c[nH]c(=O)[nH]3)c2)CCCC1. The fraction of sp³-hybridized carbons (Fsp3) is 0.333. The van der Waals surface area contributed by atoms with Crippen LogP contribution in [-0.4, -0.2) is 16.0 Å². The molecule has 0 saturated heterocycles. The van der Waals surface area contributed by atoms with Gasteiger partial charge in [0.1, 0.15) is 0 Å². The van der Waals surface area contributed by atoms with E-state index in [0.717, 1.165) is 42.5 Å². The summed E-state index contributed by atoms with van der Waals surface area (Å²) in [6.45, 7) is 0. The summed E-state index contributed by atoms with van der Waals surface area (Å²) in [4.78, 5) is 31.4. The van der Waals surface area contributed by atoms with E-state index in [4.69, 9.17) is 0 Å². The Bertz CT molecular complexity index is 716. The minimum absolute atomic E-state index is 0.230. The largest absolute Gasteiger partial charge is 0.323 e. The van der Waals surface area contributed by atoms with Gasteiger partial charge in [0.2, 0.25) is 6.08 Å². The van der Waals surface area contributed by atoms with Gasteiger partial charge < -0.3 is 9.97 Å². The Morgan fingerprint density at radius 2 is 2.05 bits per heavy atom. The Morgan fingerprint density at radius 3 is 2.70 bits per heavy atom. The first-order valence-corrected chi connectivity index (χ1v) is 6.71. The summed E-state index contributed by atoms with van der Waals surface area (Å²) in [7, 11) is 0. The summed E-state index contributed by atoms with van der Waals surface area (Å²) < 4.78 is 0. The van der Waals surface area contributed by atoms with Crippen LogP contribution in [0.25, 0.3) is 11.3 Å². The molecule has 5 heteroatoms. The lowest BCUT2D eigenvalue weighted by Crippen LogP contribution is -2.18. The standard InChI is InChI=1S/C15H15N3O2/c19-10-17-15(6-1-2-7-15)12-5-3-4-11(8-12)13-9-16-14(20)18-13/h3-5,8-9H,1-2,6-7H2,(H2,16,18,20). The third kappa shape index (κ3) is 2.12. The van der Waals surface area contributed by atoms with E-state index in [0.29, 0.717) is 0 Å². The molecule has 1 fully saturated rings. The van der Waals surface area contributed by atoms with Crippen LogP contribution in [0.5, 0.6) is 0 Å². The van der Waals surface area contributed by atoms with Gasteiger partial charge in [-0.15, -0.1) is 0 Å². The van der Waals surface area contributed by atoms with E-state index in [2.05, 4.69) is 15.0 Å². The molecular formula is C15H15N3O2. The number of imidazole rings is 1. The molecule has 0 unspecified atom stereocenters. The number of rotatable bonds is 3. The lowest BCUT2D eigenvalue weighted by Gasteiger charge is -2.23. The van der Waals surface area contributed by atoms with Gasteiger partial charge in [-0.1, -0.05) is 31.0 Å². The van der Waals surface area contributed by atoms with Crippen LogP contribution in [0.15, 0.2) is 40.2 Å². The van der Waals surface area contributed by atoms with Gasteiger partial charge in [-0.05, 0) is 30.0 Å². The normalized spacial score (nSPS) is 16.8. The van der Waals surface area contributed by atoms with E-state index in [-0.39, 0.29) is 5.69 Å². The highest BCUT2D eigenvalue weighted by Crippen LogP contribution is 2.42. The van der Waals surface area contributed by atoms with Crippen molar-refractivity contribution >= 4 is 6.08 Å². The molecule has 1 heterocycles. The Labute approximate surface area is 115 Å². The van der Waals surface area contributed by atoms with Crippen LogP contribution >= 0.6 is 0 Å². The van der Waals surface area contributed by atoms with Crippen molar-refractivity contribution in [3.8, 4) is 11.3 Å². The Kier molecular flexibility index (Phi) is 3.12. The first-order valence-electron chi connectivity index (χ1n) is 6.71. The third-order valence-corrected chi connectivity index (χ3v) is 4.00. The van der Waals surface area contributed by atoms with Crippen molar-refractivity contribution in [2.75, 3.05) is 0 Å². The number of isocyanates is 1. The van der Waals surface area contributed by atoms with Gasteiger partial charge in [-0.3, -0.25) is 0 Å². The first kappa shape index (κ1) is 12.6. The molecule has 20 heavy (non-hydrogen) atoms. The Morgan fingerprint density at radius 1 is 1.25 bits per heavy atom. The van der Waals surface area contributed by atoms with Gasteiger partial charge in [0, 0.05) is 6.20 Å². The number of H-pyrrole nitrogens is 2. The minimum atomic E-state index is -0.436. The Balaban J connectivity index is 2.06. The van der Waals surface area contributed by atoms with E-state index in [1.54, 1.807) is 12.3 Å². The highest BCUT2D eigenvalue weighted by atomic mass is 16.1. The van der Waals surface area contributed by atoms with Crippen LogP contribution in [-0.2, 0) is 10.3 Å². The van der Waals surface area contributed by atoms with E-state index < -0.39 is 5.54 Å².